The summed E-state index contributed by atoms with van der Waals surface area (Å²) in [6.07, 6.45) is 5.19. The maximum atomic E-state index is 12.0. The van der Waals surface area contributed by atoms with Crippen molar-refractivity contribution in [3.8, 4) is 0 Å². The van der Waals surface area contributed by atoms with E-state index < -0.39 is 0 Å². The van der Waals surface area contributed by atoms with Crippen LogP contribution in [0.25, 0.3) is 0 Å². The van der Waals surface area contributed by atoms with Crippen LogP contribution in [0.1, 0.15) is 39.0 Å². The van der Waals surface area contributed by atoms with Gasteiger partial charge in [-0.15, -0.1) is 0 Å². The predicted octanol–water partition coefficient (Wildman–Crippen LogP) is 1.06. The van der Waals surface area contributed by atoms with Crippen molar-refractivity contribution < 1.29 is 4.79 Å². The van der Waals surface area contributed by atoms with Crippen LogP contribution < -0.4 is 5.73 Å². The van der Waals surface area contributed by atoms with Gasteiger partial charge in [0, 0.05) is 39.1 Å². The molecule has 0 atom stereocenters. The van der Waals surface area contributed by atoms with Crippen molar-refractivity contribution in [3.05, 3.63) is 0 Å². The minimum Gasteiger partial charge on any atom is -0.341 e. The molecule has 2 N–H and O–H groups in total. The third-order valence-electron chi connectivity index (χ3n) is 3.38. The summed E-state index contributed by atoms with van der Waals surface area (Å²) >= 11 is 0. The van der Waals surface area contributed by atoms with Gasteiger partial charge in [-0.3, -0.25) is 4.79 Å². The molecule has 100 valence electrons. The summed E-state index contributed by atoms with van der Waals surface area (Å²) in [5.41, 5.74) is 5.56. The molecule has 0 saturated carbocycles. The van der Waals surface area contributed by atoms with Crippen molar-refractivity contribution in [1.29, 1.82) is 0 Å². The van der Waals surface area contributed by atoms with Gasteiger partial charge in [-0.1, -0.05) is 19.8 Å². The summed E-state index contributed by atoms with van der Waals surface area (Å²) in [7, 11) is 0. The van der Waals surface area contributed by atoms with Crippen molar-refractivity contribution in [2.75, 3.05) is 39.3 Å². The zero-order valence-corrected chi connectivity index (χ0v) is 11.2. The average molecular weight is 241 g/mol. The first-order chi connectivity index (χ1) is 8.27. The normalized spacial score (nSPS) is 18.1. The fourth-order valence-corrected chi connectivity index (χ4v) is 2.31. The third kappa shape index (κ3) is 5.50. The first-order valence-corrected chi connectivity index (χ1v) is 6.98. The first kappa shape index (κ1) is 14.5. The second kappa shape index (κ2) is 8.48. The van der Waals surface area contributed by atoms with Gasteiger partial charge in [-0.2, -0.15) is 0 Å². The molecule has 1 aliphatic heterocycles. The number of hydrogen-bond donors (Lipinski definition) is 1. The Hall–Kier alpha value is -0.610. The van der Waals surface area contributed by atoms with E-state index >= 15 is 0 Å². The molecule has 0 unspecified atom stereocenters. The molecule has 1 heterocycles. The van der Waals surface area contributed by atoms with E-state index in [0.717, 1.165) is 52.0 Å². The minimum absolute atomic E-state index is 0.341. The summed E-state index contributed by atoms with van der Waals surface area (Å²) in [5.74, 6) is 0.341. The van der Waals surface area contributed by atoms with Crippen LogP contribution in [0.5, 0.6) is 0 Å². The lowest BCUT2D eigenvalue weighted by Gasteiger charge is -2.21. The van der Waals surface area contributed by atoms with Gasteiger partial charge in [0.15, 0.2) is 0 Å². The van der Waals surface area contributed by atoms with E-state index in [1.165, 1.54) is 12.8 Å². The van der Waals surface area contributed by atoms with E-state index in [-0.39, 0.29) is 0 Å². The predicted molar refractivity (Wildman–Crippen MR) is 70.8 cm³/mol. The number of nitrogens with two attached hydrogens (primary N) is 1. The van der Waals surface area contributed by atoms with Crippen LogP contribution in [0.4, 0.5) is 0 Å². The molecule has 4 heteroatoms. The Morgan fingerprint density at radius 1 is 1.18 bits per heavy atom. The van der Waals surface area contributed by atoms with Gasteiger partial charge in [0.2, 0.25) is 5.91 Å². The van der Waals surface area contributed by atoms with Gasteiger partial charge in [0.25, 0.3) is 0 Å². The highest BCUT2D eigenvalue weighted by molar-refractivity contribution is 5.76. The molecule has 4 nitrogen and oxygen atoms in total. The Kier molecular flexibility index (Phi) is 7.21. The number of rotatable bonds is 6. The molecule has 17 heavy (non-hydrogen) atoms. The molecule has 0 aliphatic carbocycles. The molecule has 1 saturated heterocycles. The van der Waals surface area contributed by atoms with Gasteiger partial charge in [0.1, 0.15) is 0 Å². The van der Waals surface area contributed by atoms with Crippen molar-refractivity contribution >= 4 is 5.91 Å². The Morgan fingerprint density at radius 3 is 2.71 bits per heavy atom. The molecular formula is C13H27N3O. The number of carbonyl (C=O) groups excluding carboxylic acids is 1. The highest BCUT2D eigenvalue weighted by Gasteiger charge is 2.17. The lowest BCUT2D eigenvalue weighted by atomic mass is 10.2. The third-order valence-corrected chi connectivity index (χ3v) is 3.38. The quantitative estimate of drug-likeness (QED) is 0.707. The summed E-state index contributed by atoms with van der Waals surface area (Å²) in [6.45, 7) is 7.70. The lowest BCUT2D eigenvalue weighted by Crippen LogP contribution is -2.36. The van der Waals surface area contributed by atoms with Gasteiger partial charge in [0.05, 0.1) is 0 Å². The topological polar surface area (TPSA) is 49.6 Å². The zero-order chi connectivity index (χ0) is 12.5. The van der Waals surface area contributed by atoms with Crippen molar-refractivity contribution in [2.24, 2.45) is 5.73 Å². The monoisotopic (exact) mass is 241 g/mol. The molecule has 1 rings (SSSR count). The van der Waals surface area contributed by atoms with E-state index in [9.17, 15) is 4.79 Å². The second-order valence-corrected chi connectivity index (χ2v) is 4.82. The molecule has 0 aromatic rings. The maximum Gasteiger partial charge on any atom is 0.222 e. The Balaban J connectivity index is 2.27. The van der Waals surface area contributed by atoms with E-state index in [1.54, 1.807) is 0 Å². The molecule has 0 aromatic carbocycles. The van der Waals surface area contributed by atoms with Crippen LogP contribution in [0.15, 0.2) is 0 Å². The van der Waals surface area contributed by atoms with E-state index in [0.29, 0.717) is 12.5 Å². The number of hydrogen-bond acceptors (Lipinski definition) is 3. The van der Waals surface area contributed by atoms with E-state index in [4.69, 9.17) is 5.73 Å². The molecule has 1 fully saturated rings. The van der Waals surface area contributed by atoms with E-state index in [1.807, 2.05) is 4.90 Å². The standard InChI is InChI=1S/C13H27N3O/c1-2-3-4-6-13(17)16-9-5-8-15(10-7-14)11-12-16/h2-12,14H2,1H3. The van der Waals surface area contributed by atoms with Crippen LogP contribution in [0.2, 0.25) is 0 Å². The molecule has 1 aliphatic rings. The van der Waals surface area contributed by atoms with Crippen LogP contribution >= 0.6 is 0 Å². The lowest BCUT2D eigenvalue weighted by molar-refractivity contribution is -0.131. The Labute approximate surface area is 105 Å². The van der Waals surface area contributed by atoms with Crippen molar-refractivity contribution in [1.82, 2.24) is 9.80 Å². The van der Waals surface area contributed by atoms with Crippen LogP contribution in [-0.2, 0) is 4.79 Å². The summed E-state index contributed by atoms with van der Waals surface area (Å²) in [4.78, 5) is 16.4. The number of nitrogens with zero attached hydrogens (tertiary/aromatic N) is 2. The highest BCUT2D eigenvalue weighted by Crippen LogP contribution is 2.07. The average Bonchev–Trinajstić information content (AvgIpc) is 2.55. The molecule has 0 aromatic heterocycles. The van der Waals surface area contributed by atoms with Crippen molar-refractivity contribution in [3.63, 3.8) is 0 Å². The first-order valence-electron chi connectivity index (χ1n) is 6.98. The van der Waals surface area contributed by atoms with E-state index in [2.05, 4.69) is 11.8 Å². The Morgan fingerprint density at radius 2 is 2.00 bits per heavy atom. The van der Waals surface area contributed by atoms with Gasteiger partial charge < -0.3 is 15.5 Å². The highest BCUT2D eigenvalue weighted by atomic mass is 16.2. The summed E-state index contributed by atoms with van der Waals surface area (Å²) < 4.78 is 0. The van der Waals surface area contributed by atoms with Gasteiger partial charge >= 0.3 is 0 Å². The number of amides is 1. The molecule has 0 bridgehead atoms. The molecule has 1 amide bonds. The molecule has 0 radical (unpaired) electrons. The zero-order valence-electron chi connectivity index (χ0n) is 11.2. The fraction of sp³-hybridized carbons (Fsp3) is 0.923. The largest absolute Gasteiger partial charge is 0.341 e. The summed E-state index contributed by atoms with van der Waals surface area (Å²) in [6, 6.07) is 0. The SMILES string of the molecule is CCCCCC(=O)N1CCCN(CCN)CC1. The second-order valence-electron chi connectivity index (χ2n) is 4.82. The Bertz CT molecular complexity index is 221. The number of carbonyl (C=O) groups is 1. The fourth-order valence-electron chi connectivity index (χ4n) is 2.31. The van der Waals surface area contributed by atoms with Crippen LogP contribution in [0.3, 0.4) is 0 Å². The maximum absolute atomic E-state index is 12.0. The smallest absolute Gasteiger partial charge is 0.222 e. The van der Waals surface area contributed by atoms with Crippen LogP contribution in [0, 0.1) is 0 Å². The summed E-state index contributed by atoms with van der Waals surface area (Å²) in [5, 5.41) is 0. The molecule has 0 spiro atoms. The van der Waals surface area contributed by atoms with Crippen molar-refractivity contribution in [2.45, 2.75) is 39.0 Å². The molecular weight excluding hydrogens is 214 g/mol. The number of unbranched alkanes of at least 4 members (excludes halogenated alkanes) is 2. The van der Waals surface area contributed by atoms with Gasteiger partial charge in [-0.05, 0) is 19.4 Å². The van der Waals surface area contributed by atoms with Crippen LogP contribution in [-0.4, -0.2) is 55.0 Å². The van der Waals surface area contributed by atoms with Gasteiger partial charge in [-0.25, -0.2) is 0 Å². The minimum atomic E-state index is 0.341.